The Bertz CT molecular complexity index is 481. The zero-order valence-corrected chi connectivity index (χ0v) is 11.4. The van der Waals surface area contributed by atoms with Gasteiger partial charge in [0.2, 0.25) is 0 Å². The van der Waals surface area contributed by atoms with Gasteiger partial charge in [-0.15, -0.1) is 0 Å². The van der Waals surface area contributed by atoms with Crippen LogP contribution in [0.5, 0.6) is 0 Å². The molecule has 0 aromatic heterocycles. The number of benzene rings is 1. The van der Waals surface area contributed by atoms with Gasteiger partial charge in [-0.05, 0) is 44.0 Å². The SMILES string of the molecule is C[C@H](NC(=O)Nc1ccc(N2CCCC2)cc1)C(=O)O. The average Bonchev–Trinajstić information content (AvgIpc) is 2.93. The first-order chi connectivity index (χ1) is 9.56. The predicted molar refractivity (Wildman–Crippen MR) is 77.1 cm³/mol. The van der Waals surface area contributed by atoms with Gasteiger partial charge in [0, 0.05) is 24.5 Å². The van der Waals surface area contributed by atoms with Crippen molar-refractivity contribution >= 4 is 23.4 Å². The van der Waals surface area contributed by atoms with Crippen molar-refractivity contribution < 1.29 is 14.7 Å². The molecule has 1 aromatic rings. The highest BCUT2D eigenvalue weighted by atomic mass is 16.4. The number of carbonyl (C=O) groups is 2. The van der Waals surface area contributed by atoms with Crippen molar-refractivity contribution in [1.29, 1.82) is 0 Å². The summed E-state index contributed by atoms with van der Waals surface area (Å²) in [6.45, 7) is 3.56. The Hall–Kier alpha value is -2.24. The molecule has 2 rings (SSSR count). The first-order valence-corrected chi connectivity index (χ1v) is 6.71. The number of nitrogens with one attached hydrogen (secondary N) is 2. The maximum Gasteiger partial charge on any atom is 0.325 e. The summed E-state index contributed by atoms with van der Waals surface area (Å²) in [4.78, 5) is 24.5. The number of rotatable bonds is 4. The van der Waals surface area contributed by atoms with Crippen LogP contribution in [0.25, 0.3) is 0 Å². The monoisotopic (exact) mass is 277 g/mol. The second-order valence-corrected chi connectivity index (χ2v) is 4.90. The molecular weight excluding hydrogens is 258 g/mol. The number of carboxylic acids is 1. The van der Waals surface area contributed by atoms with Crippen molar-refractivity contribution in [3.8, 4) is 0 Å². The molecule has 20 heavy (non-hydrogen) atoms. The number of urea groups is 1. The molecule has 6 heteroatoms. The van der Waals surface area contributed by atoms with Gasteiger partial charge in [-0.3, -0.25) is 4.79 Å². The third-order valence-corrected chi connectivity index (χ3v) is 3.31. The minimum absolute atomic E-state index is 0.520. The zero-order chi connectivity index (χ0) is 14.5. The Morgan fingerprint density at radius 1 is 1.20 bits per heavy atom. The van der Waals surface area contributed by atoms with E-state index in [9.17, 15) is 9.59 Å². The fraction of sp³-hybridized carbons (Fsp3) is 0.429. The van der Waals surface area contributed by atoms with Gasteiger partial charge in [-0.1, -0.05) is 0 Å². The van der Waals surface area contributed by atoms with E-state index in [-0.39, 0.29) is 0 Å². The van der Waals surface area contributed by atoms with Crippen molar-refractivity contribution in [2.75, 3.05) is 23.3 Å². The Balaban J connectivity index is 1.90. The summed E-state index contributed by atoms with van der Waals surface area (Å²) >= 11 is 0. The topological polar surface area (TPSA) is 81.7 Å². The van der Waals surface area contributed by atoms with E-state index in [0.29, 0.717) is 5.69 Å². The summed E-state index contributed by atoms with van der Waals surface area (Å²) in [6.07, 6.45) is 2.44. The number of carbonyl (C=O) groups excluding carboxylic acids is 1. The smallest absolute Gasteiger partial charge is 0.325 e. The average molecular weight is 277 g/mol. The number of hydrogen-bond donors (Lipinski definition) is 3. The van der Waals surface area contributed by atoms with Crippen LogP contribution in [0.4, 0.5) is 16.2 Å². The first-order valence-electron chi connectivity index (χ1n) is 6.71. The van der Waals surface area contributed by atoms with E-state index in [4.69, 9.17) is 5.11 Å². The molecule has 3 N–H and O–H groups in total. The Kier molecular flexibility index (Phi) is 4.45. The molecule has 1 aromatic carbocycles. The van der Waals surface area contributed by atoms with Gasteiger partial charge < -0.3 is 20.6 Å². The van der Waals surface area contributed by atoms with Gasteiger partial charge >= 0.3 is 12.0 Å². The minimum atomic E-state index is -1.07. The molecular formula is C14H19N3O3. The minimum Gasteiger partial charge on any atom is -0.480 e. The quantitative estimate of drug-likeness (QED) is 0.785. The van der Waals surface area contributed by atoms with Gasteiger partial charge in [0.05, 0.1) is 0 Å². The number of aliphatic carboxylic acids is 1. The molecule has 0 radical (unpaired) electrons. The van der Waals surface area contributed by atoms with Crippen LogP contribution in [0.15, 0.2) is 24.3 Å². The highest BCUT2D eigenvalue weighted by Gasteiger charge is 2.14. The molecule has 6 nitrogen and oxygen atoms in total. The maximum absolute atomic E-state index is 11.6. The largest absolute Gasteiger partial charge is 0.480 e. The Labute approximate surface area is 117 Å². The van der Waals surface area contributed by atoms with Crippen LogP contribution >= 0.6 is 0 Å². The lowest BCUT2D eigenvalue weighted by Crippen LogP contribution is -2.40. The third-order valence-electron chi connectivity index (χ3n) is 3.31. The van der Waals surface area contributed by atoms with E-state index >= 15 is 0 Å². The van der Waals surface area contributed by atoms with Crippen molar-refractivity contribution in [3.63, 3.8) is 0 Å². The van der Waals surface area contributed by atoms with E-state index in [1.54, 1.807) is 0 Å². The summed E-state index contributed by atoms with van der Waals surface area (Å²) in [5.41, 5.74) is 1.79. The molecule has 1 aliphatic rings. The lowest BCUT2D eigenvalue weighted by atomic mass is 10.2. The number of nitrogens with zero attached hydrogens (tertiary/aromatic N) is 1. The molecule has 0 unspecified atom stereocenters. The van der Waals surface area contributed by atoms with Crippen molar-refractivity contribution in [2.24, 2.45) is 0 Å². The van der Waals surface area contributed by atoms with E-state index in [1.807, 2.05) is 24.3 Å². The number of hydrogen-bond acceptors (Lipinski definition) is 3. The molecule has 1 saturated heterocycles. The van der Waals surface area contributed by atoms with Crippen LogP contribution in [0, 0.1) is 0 Å². The van der Waals surface area contributed by atoms with Crippen molar-refractivity contribution in [2.45, 2.75) is 25.8 Å². The molecule has 1 heterocycles. The van der Waals surface area contributed by atoms with Gasteiger partial charge in [0.1, 0.15) is 6.04 Å². The fourth-order valence-electron chi connectivity index (χ4n) is 2.16. The number of anilines is 2. The van der Waals surface area contributed by atoms with E-state index in [2.05, 4.69) is 15.5 Å². The van der Waals surface area contributed by atoms with Gasteiger partial charge in [-0.2, -0.15) is 0 Å². The van der Waals surface area contributed by atoms with E-state index < -0.39 is 18.0 Å². The number of carboxylic acid groups (broad SMARTS) is 1. The van der Waals surface area contributed by atoms with Crippen LogP contribution < -0.4 is 15.5 Å². The summed E-state index contributed by atoms with van der Waals surface area (Å²) in [7, 11) is 0. The highest BCUT2D eigenvalue weighted by Crippen LogP contribution is 2.21. The van der Waals surface area contributed by atoms with Crippen LogP contribution in [0.1, 0.15) is 19.8 Å². The molecule has 2 amide bonds. The molecule has 1 atom stereocenters. The summed E-state index contributed by atoms with van der Waals surface area (Å²) < 4.78 is 0. The van der Waals surface area contributed by atoms with E-state index in [0.717, 1.165) is 18.8 Å². The Morgan fingerprint density at radius 3 is 2.35 bits per heavy atom. The second-order valence-electron chi connectivity index (χ2n) is 4.90. The molecule has 0 spiro atoms. The molecule has 1 aliphatic heterocycles. The molecule has 0 aliphatic carbocycles. The van der Waals surface area contributed by atoms with Crippen LogP contribution in [-0.4, -0.2) is 36.2 Å². The van der Waals surface area contributed by atoms with Gasteiger partial charge in [-0.25, -0.2) is 4.79 Å². The second kappa shape index (κ2) is 6.27. The lowest BCUT2D eigenvalue weighted by molar-refractivity contribution is -0.138. The van der Waals surface area contributed by atoms with Crippen molar-refractivity contribution in [1.82, 2.24) is 5.32 Å². The van der Waals surface area contributed by atoms with Crippen LogP contribution in [0.3, 0.4) is 0 Å². The predicted octanol–water partition coefficient (Wildman–Crippen LogP) is 1.88. The van der Waals surface area contributed by atoms with Crippen LogP contribution in [0.2, 0.25) is 0 Å². The maximum atomic E-state index is 11.6. The normalized spacial score (nSPS) is 15.8. The van der Waals surface area contributed by atoms with Crippen LogP contribution in [-0.2, 0) is 4.79 Å². The third kappa shape index (κ3) is 3.63. The molecule has 0 bridgehead atoms. The summed E-state index contributed by atoms with van der Waals surface area (Å²) in [5, 5.41) is 13.7. The summed E-state index contributed by atoms with van der Waals surface area (Å²) in [6, 6.07) is 6.12. The standard InChI is InChI=1S/C14H19N3O3/c1-10(13(18)19)15-14(20)16-11-4-6-12(7-5-11)17-8-2-3-9-17/h4-7,10H,2-3,8-9H2,1H3,(H,18,19)(H2,15,16,20)/t10-/m0/s1. The van der Waals surface area contributed by atoms with Crippen molar-refractivity contribution in [3.05, 3.63) is 24.3 Å². The first kappa shape index (κ1) is 14.2. The highest BCUT2D eigenvalue weighted by molar-refractivity contribution is 5.92. The Morgan fingerprint density at radius 2 is 1.80 bits per heavy atom. The number of amides is 2. The fourth-order valence-corrected chi connectivity index (χ4v) is 2.16. The van der Waals surface area contributed by atoms with E-state index in [1.165, 1.54) is 19.8 Å². The lowest BCUT2D eigenvalue weighted by Gasteiger charge is -2.18. The molecule has 0 saturated carbocycles. The van der Waals surface area contributed by atoms with Gasteiger partial charge in [0.25, 0.3) is 0 Å². The van der Waals surface area contributed by atoms with Gasteiger partial charge in [0.15, 0.2) is 0 Å². The molecule has 1 fully saturated rings. The summed E-state index contributed by atoms with van der Waals surface area (Å²) in [5.74, 6) is -1.07. The molecule has 108 valence electrons. The zero-order valence-electron chi connectivity index (χ0n) is 11.4.